The van der Waals surface area contributed by atoms with Crippen LogP contribution in [0.2, 0.25) is 0 Å². The van der Waals surface area contributed by atoms with E-state index in [2.05, 4.69) is 40.4 Å². The van der Waals surface area contributed by atoms with Gasteiger partial charge in [0.1, 0.15) is 0 Å². The van der Waals surface area contributed by atoms with Crippen molar-refractivity contribution in [2.24, 2.45) is 5.73 Å². The Morgan fingerprint density at radius 2 is 2.06 bits per heavy atom. The summed E-state index contributed by atoms with van der Waals surface area (Å²) in [4.78, 5) is 8.63. The van der Waals surface area contributed by atoms with Crippen molar-refractivity contribution in [2.45, 2.75) is 13.3 Å². The highest BCUT2D eigenvalue weighted by molar-refractivity contribution is 5.32. The van der Waals surface area contributed by atoms with Crippen molar-refractivity contribution in [2.75, 3.05) is 18.4 Å². The minimum atomic E-state index is 0.575. The zero-order chi connectivity index (χ0) is 12.8. The van der Waals surface area contributed by atoms with E-state index in [9.17, 15) is 0 Å². The highest BCUT2D eigenvalue weighted by Crippen LogP contribution is 2.12. The lowest BCUT2D eigenvalue weighted by molar-refractivity contribution is 0.962. The van der Waals surface area contributed by atoms with E-state index in [4.69, 9.17) is 5.73 Å². The molecule has 1 heterocycles. The van der Waals surface area contributed by atoms with Crippen LogP contribution in [0.3, 0.4) is 0 Å². The van der Waals surface area contributed by atoms with Crippen LogP contribution in [0.25, 0.3) is 0 Å². The van der Waals surface area contributed by atoms with E-state index < -0.39 is 0 Å². The number of hydrogen-bond acceptors (Lipinski definition) is 4. The Kier molecular flexibility index (Phi) is 4.25. The molecular weight excluding hydrogens is 224 g/mol. The number of hydrogen-bond donors (Lipinski definition) is 2. The lowest BCUT2D eigenvalue weighted by Crippen LogP contribution is -2.15. The molecule has 0 saturated carbocycles. The molecule has 0 radical (unpaired) electrons. The maximum absolute atomic E-state index is 5.44. The number of rotatable bonds is 5. The smallest absolute Gasteiger partial charge is 0.222 e. The van der Waals surface area contributed by atoms with Crippen molar-refractivity contribution >= 4 is 5.95 Å². The van der Waals surface area contributed by atoms with Crippen LogP contribution in [0.1, 0.15) is 16.8 Å². The lowest BCUT2D eigenvalue weighted by Gasteiger charge is -2.07. The molecule has 0 bridgehead atoms. The Labute approximate surface area is 107 Å². The first-order valence-corrected chi connectivity index (χ1v) is 6.10. The van der Waals surface area contributed by atoms with Gasteiger partial charge in [-0.3, -0.25) is 0 Å². The molecule has 3 N–H and O–H groups in total. The molecule has 0 saturated heterocycles. The molecule has 2 aromatic rings. The van der Waals surface area contributed by atoms with Crippen LogP contribution < -0.4 is 11.1 Å². The number of nitrogens with two attached hydrogens (primary N) is 1. The first-order valence-electron chi connectivity index (χ1n) is 6.10. The Morgan fingerprint density at radius 1 is 1.22 bits per heavy atom. The minimum absolute atomic E-state index is 0.575. The largest absolute Gasteiger partial charge is 0.353 e. The van der Waals surface area contributed by atoms with Gasteiger partial charge >= 0.3 is 0 Å². The van der Waals surface area contributed by atoms with Crippen molar-refractivity contribution in [1.29, 1.82) is 0 Å². The molecule has 0 spiro atoms. The zero-order valence-electron chi connectivity index (χ0n) is 10.6. The summed E-state index contributed by atoms with van der Waals surface area (Å²) in [6.07, 6.45) is 2.60. The summed E-state index contributed by atoms with van der Waals surface area (Å²) in [6.45, 7) is 3.38. The molecule has 2 rings (SSSR count). The SMILES string of the molecule is Cc1ccccc1Cc1ccnc(NCCN)n1. The molecule has 94 valence electrons. The molecule has 0 fully saturated rings. The van der Waals surface area contributed by atoms with Gasteiger partial charge in [-0.1, -0.05) is 24.3 Å². The Hall–Kier alpha value is -1.94. The number of aromatic nitrogens is 2. The minimum Gasteiger partial charge on any atom is -0.353 e. The van der Waals surface area contributed by atoms with Gasteiger partial charge in [0, 0.05) is 25.7 Å². The monoisotopic (exact) mass is 242 g/mol. The molecule has 18 heavy (non-hydrogen) atoms. The maximum atomic E-state index is 5.44. The topological polar surface area (TPSA) is 63.8 Å². The van der Waals surface area contributed by atoms with Crippen molar-refractivity contribution < 1.29 is 0 Å². The Balaban J connectivity index is 2.12. The van der Waals surface area contributed by atoms with E-state index >= 15 is 0 Å². The molecule has 0 unspecified atom stereocenters. The average molecular weight is 242 g/mol. The average Bonchev–Trinajstić information content (AvgIpc) is 2.40. The third kappa shape index (κ3) is 3.28. The maximum Gasteiger partial charge on any atom is 0.222 e. The molecule has 0 amide bonds. The fourth-order valence-corrected chi connectivity index (χ4v) is 1.77. The first kappa shape index (κ1) is 12.5. The highest BCUT2D eigenvalue weighted by Gasteiger charge is 2.02. The van der Waals surface area contributed by atoms with Gasteiger partial charge in [-0.05, 0) is 24.1 Å². The lowest BCUT2D eigenvalue weighted by atomic mass is 10.0. The fraction of sp³-hybridized carbons (Fsp3) is 0.286. The van der Waals surface area contributed by atoms with E-state index in [1.54, 1.807) is 6.20 Å². The zero-order valence-corrected chi connectivity index (χ0v) is 10.6. The normalized spacial score (nSPS) is 10.3. The molecule has 0 aliphatic carbocycles. The highest BCUT2D eigenvalue weighted by atomic mass is 15.1. The van der Waals surface area contributed by atoms with Gasteiger partial charge in [0.2, 0.25) is 5.95 Å². The summed E-state index contributed by atoms with van der Waals surface area (Å²) in [6, 6.07) is 10.3. The molecule has 0 aliphatic rings. The van der Waals surface area contributed by atoms with Crippen LogP contribution >= 0.6 is 0 Å². The van der Waals surface area contributed by atoms with E-state index in [-0.39, 0.29) is 0 Å². The number of benzene rings is 1. The van der Waals surface area contributed by atoms with Crippen LogP contribution in [-0.2, 0) is 6.42 Å². The predicted molar refractivity (Wildman–Crippen MR) is 73.6 cm³/mol. The second-order valence-corrected chi connectivity index (χ2v) is 4.19. The van der Waals surface area contributed by atoms with Gasteiger partial charge in [0.15, 0.2) is 0 Å². The summed E-state index contributed by atoms with van der Waals surface area (Å²) in [5, 5.41) is 3.09. The van der Waals surface area contributed by atoms with Gasteiger partial charge in [-0.25, -0.2) is 9.97 Å². The molecule has 4 nitrogen and oxygen atoms in total. The number of anilines is 1. The van der Waals surface area contributed by atoms with E-state index in [1.165, 1.54) is 11.1 Å². The van der Waals surface area contributed by atoms with Gasteiger partial charge in [-0.15, -0.1) is 0 Å². The van der Waals surface area contributed by atoms with E-state index in [0.717, 1.165) is 12.1 Å². The molecule has 1 aromatic carbocycles. The van der Waals surface area contributed by atoms with Crippen LogP contribution in [0.15, 0.2) is 36.5 Å². The van der Waals surface area contributed by atoms with Gasteiger partial charge in [0.25, 0.3) is 0 Å². The second kappa shape index (κ2) is 6.12. The van der Waals surface area contributed by atoms with E-state index in [0.29, 0.717) is 19.0 Å². The molecular formula is C14H18N4. The Morgan fingerprint density at radius 3 is 2.83 bits per heavy atom. The third-order valence-corrected chi connectivity index (χ3v) is 2.77. The molecule has 0 aliphatic heterocycles. The predicted octanol–water partition coefficient (Wildman–Crippen LogP) is 1.75. The summed E-state index contributed by atoms with van der Waals surface area (Å²) in [5.74, 6) is 0.645. The summed E-state index contributed by atoms with van der Waals surface area (Å²) in [5.41, 5.74) is 9.03. The van der Waals surface area contributed by atoms with Crippen molar-refractivity contribution in [3.63, 3.8) is 0 Å². The summed E-state index contributed by atoms with van der Waals surface area (Å²) >= 11 is 0. The number of aryl methyl sites for hydroxylation is 1. The number of nitrogens with zero attached hydrogens (tertiary/aromatic N) is 2. The number of nitrogens with one attached hydrogen (secondary N) is 1. The summed E-state index contributed by atoms with van der Waals surface area (Å²) in [7, 11) is 0. The standard InChI is InChI=1S/C14H18N4/c1-11-4-2-3-5-12(11)10-13-6-8-16-14(18-13)17-9-7-15/h2-6,8H,7,9-10,15H2,1H3,(H,16,17,18). The quantitative estimate of drug-likeness (QED) is 0.838. The van der Waals surface area contributed by atoms with Crippen molar-refractivity contribution in [1.82, 2.24) is 9.97 Å². The first-order chi connectivity index (χ1) is 8.79. The molecule has 1 aromatic heterocycles. The Bertz CT molecular complexity index is 511. The van der Waals surface area contributed by atoms with Gasteiger partial charge in [0.05, 0.1) is 5.69 Å². The van der Waals surface area contributed by atoms with Crippen molar-refractivity contribution in [3.8, 4) is 0 Å². The molecule has 4 heteroatoms. The van der Waals surface area contributed by atoms with Crippen LogP contribution in [0.5, 0.6) is 0 Å². The van der Waals surface area contributed by atoms with Gasteiger partial charge in [-0.2, -0.15) is 0 Å². The van der Waals surface area contributed by atoms with E-state index in [1.807, 2.05) is 12.1 Å². The third-order valence-electron chi connectivity index (χ3n) is 2.77. The fourth-order valence-electron chi connectivity index (χ4n) is 1.77. The van der Waals surface area contributed by atoms with Crippen LogP contribution in [0.4, 0.5) is 5.95 Å². The molecule has 0 atom stereocenters. The van der Waals surface area contributed by atoms with Crippen molar-refractivity contribution in [3.05, 3.63) is 53.3 Å². The van der Waals surface area contributed by atoms with Crippen LogP contribution in [-0.4, -0.2) is 23.1 Å². The summed E-state index contributed by atoms with van der Waals surface area (Å²) < 4.78 is 0. The van der Waals surface area contributed by atoms with Crippen LogP contribution in [0, 0.1) is 6.92 Å². The van der Waals surface area contributed by atoms with Gasteiger partial charge < -0.3 is 11.1 Å². The second-order valence-electron chi connectivity index (χ2n) is 4.19.